The SMILES string of the molecule is CCCn1c(C(C)C)nc(-c2ccc(Br)cc2)c1N. The van der Waals surface area contributed by atoms with Gasteiger partial charge in [-0.2, -0.15) is 0 Å². The number of anilines is 1. The number of hydrogen-bond acceptors (Lipinski definition) is 2. The minimum Gasteiger partial charge on any atom is -0.383 e. The average molecular weight is 322 g/mol. The quantitative estimate of drug-likeness (QED) is 0.905. The molecule has 0 aliphatic carbocycles. The van der Waals surface area contributed by atoms with Crippen molar-refractivity contribution in [3.8, 4) is 11.3 Å². The summed E-state index contributed by atoms with van der Waals surface area (Å²) in [5.74, 6) is 2.21. The molecule has 102 valence electrons. The van der Waals surface area contributed by atoms with Crippen LogP contribution in [0.15, 0.2) is 28.7 Å². The number of benzene rings is 1. The fraction of sp³-hybridized carbons (Fsp3) is 0.400. The zero-order valence-corrected chi connectivity index (χ0v) is 13.2. The maximum absolute atomic E-state index is 6.29. The van der Waals surface area contributed by atoms with Crippen LogP contribution < -0.4 is 5.73 Å². The third-order valence-electron chi connectivity index (χ3n) is 3.12. The summed E-state index contributed by atoms with van der Waals surface area (Å²) in [6.45, 7) is 7.38. The monoisotopic (exact) mass is 321 g/mol. The van der Waals surface area contributed by atoms with Gasteiger partial charge in [-0.1, -0.05) is 48.8 Å². The van der Waals surface area contributed by atoms with Gasteiger partial charge in [0.15, 0.2) is 0 Å². The lowest BCUT2D eigenvalue weighted by Gasteiger charge is -2.10. The van der Waals surface area contributed by atoms with Gasteiger partial charge in [0.1, 0.15) is 17.3 Å². The molecule has 0 fully saturated rings. The second-order valence-electron chi connectivity index (χ2n) is 5.02. The lowest BCUT2D eigenvalue weighted by atomic mass is 10.1. The Morgan fingerprint density at radius 2 is 1.89 bits per heavy atom. The number of nitrogens with two attached hydrogens (primary N) is 1. The fourth-order valence-electron chi connectivity index (χ4n) is 2.20. The van der Waals surface area contributed by atoms with Crippen molar-refractivity contribution in [3.63, 3.8) is 0 Å². The highest BCUT2D eigenvalue weighted by Crippen LogP contribution is 2.30. The molecule has 3 nitrogen and oxygen atoms in total. The second-order valence-corrected chi connectivity index (χ2v) is 5.93. The van der Waals surface area contributed by atoms with Gasteiger partial charge in [-0.15, -0.1) is 0 Å². The van der Waals surface area contributed by atoms with Crippen LogP contribution in [0.3, 0.4) is 0 Å². The smallest absolute Gasteiger partial charge is 0.131 e. The number of hydrogen-bond donors (Lipinski definition) is 1. The largest absolute Gasteiger partial charge is 0.383 e. The number of halogens is 1. The molecule has 2 aromatic rings. The summed E-state index contributed by atoms with van der Waals surface area (Å²) >= 11 is 3.45. The maximum Gasteiger partial charge on any atom is 0.131 e. The number of rotatable bonds is 4. The number of imidazole rings is 1. The fourth-order valence-corrected chi connectivity index (χ4v) is 2.47. The van der Waals surface area contributed by atoms with E-state index in [4.69, 9.17) is 10.7 Å². The minimum atomic E-state index is 0.373. The summed E-state index contributed by atoms with van der Waals surface area (Å²) in [7, 11) is 0. The van der Waals surface area contributed by atoms with Gasteiger partial charge in [0.25, 0.3) is 0 Å². The molecule has 0 spiro atoms. The van der Waals surface area contributed by atoms with Gasteiger partial charge in [0, 0.05) is 22.5 Å². The summed E-state index contributed by atoms with van der Waals surface area (Å²) in [4.78, 5) is 4.75. The molecule has 0 saturated heterocycles. The lowest BCUT2D eigenvalue weighted by Crippen LogP contribution is -2.08. The Morgan fingerprint density at radius 1 is 1.26 bits per heavy atom. The van der Waals surface area contributed by atoms with Crippen molar-refractivity contribution in [3.05, 3.63) is 34.6 Å². The lowest BCUT2D eigenvalue weighted by molar-refractivity contribution is 0.616. The van der Waals surface area contributed by atoms with E-state index in [9.17, 15) is 0 Å². The second kappa shape index (κ2) is 5.78. The Labute approximate surface area is 123 Å². The van der Waals surface area contributed by atoms with E-state index in [0.29, 0.717) is 5.92 Å². The van der Waals surface area contributed by atoms with E-state index in [1.54, 1.807) is 0 Å². The highest BCUT2D eigenvalue weighted by Gasteiger charge is 2.17. The highest BCUT2D eigenvalue weighted by molar-refractivity contribution is 9.10. The van der Waals surface area contributed by atoms with Gasteiger partial charge in [0.05, 0.1) is 0 Å². The third-order valence-corrected chi connectivity index (χ3v) is 3.65. The van der Waals surface area contributed by atoms with Crippen molar-refractivity contribution in [2.75, 3.05) is 5.73 Å². The molecule has 1 aromatic carbocycles. The van der Waals surface area contributed by atoms with Crippen LogP contribution >= 0.6 is 15.9 Å². The van der Waals surface area contributed by atoms with Gasteiger partial charge in [-0.25, -0.2) is 4.98 Å². The van der Waals surface area contributed by atoms with Crippen molar-refractivity contribution in [1.82, 2.24) is 9.55 Å². The molecular formula is C15H20BrN3. The summed E-state index contributed by atoms with van der Waals surface area (Å²) in [5, 5.41) is 0. The van der Waals surface area contributed by atoms with E-state index < -0.39 is 0 Å². The van der Waals surface area contributed by atoms with Crippen LogP contribution in [-0.4, -0.2) is 9.55 Å². The molecule has 0 aliphatic heterocycles. The first-order chi connectivity index (χ1) is 9.04. The van der Waals surface area contributed by atoms with Gasteiger partial charge < -0.3 is 10.3 Å². The Bertz CT molecular complexity index is 556. The first-order valence-corrected chi connectivity index (χ1v) is 7.45. The van der Waals surface area contributed by atoms with E-state index in [-0.39, 0.29) is 0 Å². The summed E-state index contributed by atoms with van der Waals surface area (Å²) in [6, 6.07) is 8.12. The Hall–Kier alpha value is -1.29. The molecular weight excluding hydrogens is 302 g/mol. The van der Waals surface area contributed by atoms with Crippen molar-refractivity contribution < 1.29 is 0 Å². The van der Waals surface area contributed by atoms with Gasteiger partial charge >= 0.3 is 0 Å². The number of nitrogens with zero attached hydrogens (tertiary/aromatic N) is 2. The molecule has 1 aromatic heterocycles. The van der Waals surface area contributed by atoms with E-state index >= 15 is 0 Å². The topological polar surface area (TPSA) is 43.8 Å². The van der Waals surface area contributed by atoms with E-state index in [2.05, 4.69) is 41.3 Å². The molecule has 0 radical (unpaired) electrons. The van der Waals surface area contributed by atoms with E-state index in [0.717, 1.165) is 40.3 Å². The molecule has 1 heterocycles. The number of nitrogen functional groups attached to an aromatic ring is 1. The predicted octanol–water partition coefficient (Wildman–Crippen LogP) is 4.43. The normalized spacial score (nSPS) is 11.2. The molecule has 19 heavy (non-hydrogen) atoms. The first kappa shape index (κ1) is 14.1. The van der Waals surface area contributed by atoms with Crippen LogP contribution in [-0.2, 0) is 6.54 Å². The van der Waals surface area contributed by atoms with Gasteiger partial charge in [-0.3, -0.25) is 0 Å². The summed E-state index contributed by atoms with van der Waals surface area (Å²) in [5.41, 5.74) is 8.25. The molecule has 2 rings (SSSR count). The molecule has 0 atom stereocenters. The van der Waals surface area contributed by atoms with E-state index in [1.807, 2.05) is 24.3 Å². The van der Waals surface area contributed by atoms with Gasteiger partial charge in [-0.05, 0) is 18.6 Å². The molecule has 0 aliphatic rings. The molecule has 0 bridgehead atoms. The average Bonchev–Trinajstić information content (AvgIpc) is 2.69. The molecule has 0 unspecified atom stereocenters. The predicted molar refractivity (Wildman–Crippen MR) is 84.2 cm³/mol. The molecule has 2 N–H and O–H groups in total. The third kappa shape index (κ3) is 2.84. The van der Waals surface area contributed by atoms with Crippen LogP contribution in [0, 0.1) is 0 Å². The van der Waals surface area contributed by atoms with Crippen LogP contribution in [0.2, 0.25) is 0 Å². The van der Waals surface area contributed by atoms with Crippen LogP contribution in [0.1, 0.15) is 38.9 Å². The molecule has 0 amide bonds. The molecule has 0 saturated carbocycles. The summed E-state index contributed by atoms with van der Waals surface area (Å²) in [6.07, 6.45) is 1.06. The Kier molecular flexibility index (Phi) is 4.30. The van der Waals surface area contributed by atoms with Crippen LogP contribution in [0.25, 0.3) is 11.3 Å². The van der Waals surface area contributed by atoms with Crippen LogP contribution in [0.5, 0.6) is 0 Å². The van der Waals surface area contributed by atoms with Crippen molar-refractivity contribution in [1.29, 1.82) is 0 Å². The first-order valence-electron chi connectivity index (χ1n) is 6.66. The maximum atomic E-state index is 6.29. The Balaban J connectivity index is 2.52. The van der Waals surface area contributed by atoms with Crippen molar-refractivity contribution in [2.45, 2.75) is 39.7 Å². The molecule has 4 heteroatoms. The van der Waals surface area contributed by atoms with Crippen LogP contribution in [0.4, 0.5) is 5.82 Å². The van der Waals surface area contributed by atoms with Crippen molar-refractivity contribution in [2.24, 2.45) is 0 Å². The van der Waals surface area contributed by atoms with Crippen molar-refractivity contribution >= 4 is 21.7 Å². The zero-order valence-electron chi connectivity index (χ0n) is 11.7. The summed E-state index contributed by atoms with van der Waals surface area (Å²) < 4.78 is 3.20. The minimum absolute atomic E-state index is 0.373. The standard InChI is InChI=1S/C15H20BrN3/c1-4-9-19-14(17)13(18-15(19)10(2)3)11-5-7-12(16)8-6-11/h5-8,10H,4,9,17H2,1-3H3. The highest BCUT2D eigenvalue weighted by atomic mass is 79.9. The number of aromatic nitrogens is 2. The Morgan fingerprint density at radius 3 is 2.42 bits per heavy atom. The van der Waals surface area contributed by atoms with Gasteiger partial charge in [0.2, 0.25) is 0 Å². The van der Waals surface area contributed by atoms with E-state index in [1.165, 1.54) is 0 Å². The zero-order chi connectivity index (χ0) is 14.0.